The van der Waals surface area contributed by atoms with E-state index in [4.69, 9.17) is 9.97 Å². The van der Waals surface area contributed by atoms with Crippen molar-refractivity contribution in [1.29, 1.82) is 0 Å². The Kier molecular flexibility index (Phi) is 10.7. The molecular weight excluding hydrogens is 758 g/mol. The second kappa shape index (κ2) is 16.2. The molecule has 6 heterocycles. The predicted octanol–water partition coefficient (Wildman–Crippen LogP) is 6.51. The minimum atomic E-state index is -0.385. The van der Waals surface area contributed by atoms with Gasteiger partial charge < -0.3 is 25.8 Å². The minimum Gasteiger partial charge on any atom is -0.374 e. The number of hydrogen-bond donors (Lipinski definition) is 3. The second-order valence-electron chi connectivity index (χ2n) is 17.4. The van der Waals surface area contributed by atoms with Crippen molar-refractivity contribution in [2.45, 2.75) is 70.4 Å². The van der Waals surface area contributed by atoms with Gasteiger partial charge in [-0.1, -0.05) is 32.6 Å². The molecule has 3 aliphatic heterocycles. The zero-order chi connectivity index (χ0) is 41.5. The highest BCUT2D eigenvalue weighted by Gasteiger charge is 2.33. The summed E-state index contributed by atoms with van der Waals surface area (Å²) in [5.74, 6) is 1.25. The molecule has 312 valence electrons. The summed E-state index contributed by atoms with van der Waals surface area (Å²) in [4.78, 5) is 47.4. The lowest BCUT2D eigenvalue weighted by Gasteiger charge is -2.40. The average Bonchev–Trinajstić information content (AvgIpc) is 3.70. The van der Waals surface area contributed by atoms with E-state index in [1.165, 1.54) is 17.3 Å². The third-order valence-corrected chi connectivity index (χ3v) is 12.8. The number of pyridine rings is 1. The van der Waals surface area contributed by atoms with E-state index in [1.807, 2.05) is 30.3 Å². The maximum atomic E-state index is 15.3. The Morgan fingerprint density at radius 3 is 2.42 bits per heavy atom. The smallest absolute Gasteiger partial charge is 0.278 e. The van der Waals surface area contributed by atoms with Crippen LogP contribution in [0.5, 0.6) is 0 Å². The number of rotatable bonds is 11. The van der Waals surface area contributed by atoms with Gasteiger partial charge in [0.2, 0.25) is 11.9 Å². The van der Waals surface area contributed by atoms with E-state index in [2.05, 4.69) is 80.8 Å². The largest absolute Gasteiger partial charge is 0.374 e. The number of anilines is 5. The lowest BCUT2D eigenvalue weighted by Crippen LogP contribution is -2.49. The minimum absolute atomic E-state index is 0.0362. The number of piperazine rings is 1. The van der Waals surface area contributed by atoms with Crippen molar-refractivity contribution >= 4 is 45.6 Å². The first-order valence-electron chi connectivity index (χ1n) is 21.3. The van der Waals surface area contributed by atoms with E-state index in [-0.39, 0.29) is 28.7 Å². The van der Waals surface area contributed by atoms with Crippen molar-refractivity contribution in [3.05, 3.63) is 113 Å². The number of benzene rings is 2. The third-order valence-electron chi connectivity index (χ3n) is 12.8. The number of amides is 1. The molecule has 13 nitrogen and oxygen atoms in total. The summed E-state index contributed by atoms with van der Waals surface area (Å²) >= 11 is 0. The number of nitrogens with zero attached hydrogens (tertiary/aromatic N) is 8. The van der Waals surface area contributed by atoms with Gasteiger partial charge in [-0.15, -0.1) is 6.58 Å². The average molecular weight is 812 g/mol. The molecule has 3 aromatic heterocycles. The van der Waals surface area contributed by atoms with Crippen LogP contribution in [0.25, 0.3) is 16.9 Å². The Labute approximate surface area is 350 Å². The number of carbonyl (C=O) groups is 1. The van der Waals surface area contributed by atoms with Crippen LogP contribution in [0.2, 0.25) is 0 Å². The van der Waals surface area contributed by atoms with Gasteiger partial charge in [0, 0.05) is 80.2 Å². The molecule has 1 aliphatic carbocycles. The SMILES string of the molecule is C=CCn1c(=O)c2cnc(Nc3ccc(N4CCN(CC5CCN(c6ccc(N[C@@H]7CCC(=C)NC7=O)cc6F)CC5)CC4)cc3)nc2n1-c1ccc2c(n1)C(C)(C)CC2. The van der Waals surface area contributed by atoms with Gasteiger partial charge in [0.15, 0.2) is 11.5 Å². The standard InChI is InChI=1S/C46H54FN11O2/c1-5-20-57-44(60)36-28-48-45(53-42(36)58(57)40-15-7-32-16-19-46(3,4)41(32)52-40)51-33-8-11-35(12-9-33)55-25-23-54(24-26-55)29-31-17-21-56(22-18-31)39-14-10-34(27-37(39)47)50-38-13-6-30(2)49-43(38)59/h5,7-12,14-15,27-28,31,38,50H,1-2,6,13,16-26,29H2,3-4H3,(H,49,59)(H,48,51,53)/t38-/m1/s1. The first-order valence-corrected chi connectivity index (χ1v) is 21.3. The fourth-order valence-corrected chi connectivity index (χ4v) is 9.32. The summed E-state index contributed by atoms with van der Waals surface area (Å²) in [5.41, 5.74) is 6.59. The molecule has 0 radical (unpaired) electrons. The summed E-state index contributed by atoms with van der Waals surface area (Å²) in [6.45, 7) is 19.1. The van der Waals surface area contributed by atoms with Crippen LogP contribution in [0.15, 0.2) is 90.5 Å². The number of aromatic nitrogens is 5. The molecular formula is C46H54FN11O2. The molecule has 4 aliphatic rings. The Balaban J connectivity index is 0.781. The fourth-order valence-electron chi connectivity index (χ4n) is 9.32. The number of nitrogens with one attached hydrogen (secondary N) is 3. The van der Waals surface area contributed by atoms with Crippen LogP contribution in [0.1, 0.15) is 57.2 Å². The number of piperidine rings is 2. The van der Waals surface area contributed by atoms with Gasteiger partial charge in [0.1, 0.15) is 17.2 Å². The van der Waals surface area contributed by atoms with E-state index < -0.39 is 0 Å². The number of aryl methyl sites for hydroxylation is 1. The molecule has 0 unspecified atom stereocenters. The second-order valence-corrected chi connectivity index (χ2v) is 17.4. The van der Waals surface area contributed by atoms with Crippen LogP contribution in [0.3, 0.4) is 0 Å². The first-order chi connectivity index (χ1) is 29.0. The molecule has 0 spiro atoms. The van der Waals surface area contributed by atoms with Crippen molar-refractivity contribution < 1.29 is 9.18 Å². The molecule has 3 N–H and O–H groups in total. The van der Waals surface area contributed by atoms with Gasteiger partial charge in [-0.25, -0.2) is 23.7 Å². The number of carbonyl (C=O) groups excluding carboxylic acids is 1. The van der Waals surface area contributed by atoms with Crippen molar-refractivity contribution in [2.75, 3.05) is 66.2 Å². The maximum Gasteiger partial charge on any atom is 0.278 e. The highest BCUT2D eigenvalue weighted by molar-refractivity contribution is 5.87. The number of allylic oxidation sites excluding steroid dienone is 2. The summed E-state index contributed by atoms with van der Waals surface area (Å²) in [5, 5.41) is 9.74. The Morgan fingerprint density at radius 1 is 0.917 bits per heavy atom. The molecule has 0 bridgehead atoms. The Hall–Kier alpha value is -6.02. The number of fused-ring (bicyclic) bond motifs is 2. The Morgan fingerprint density at radius 2 is 1.68 bits per heavy atom. The zero-order valence-corrected chi connectivity index (χ0v) is 34.6. The molecule has 3 saturated heterocycles. The lowest BCUT2D eigenvalue weighted by atomic mass is 9.90. The molecule has 2 aromatic carbocycles. The quantitative estimate of drug-likeness (QED) is 0.127. The van der Waals surface area contributed by atoms with Crippen molar-refractivity contribution in [3.63, 3.8) is 0 Å². The van der Waals surface area contributed by atoms with E-state index in [9.17, 15) is 9.59 Å². The maximum absolute atomic E-state index is 15.3. The molecule has 1 amide bonds. The summed E-state index contributed by atoms with van der Waals surface area (Å²) in [6, 6.07) is 17.3. The first kappa shape index (κ1) is 39.4. The summed E-state index contributed by atoms with van der Waals surface area (Å²) < 4.78 is 18.7. The molecule has 60 heavy (non-hydrogen) atoms. The van der Waals surface area contributed by atoms with E-state index in [0.29, 0.717) is 59.5 Å². The van der Waals surface area contributed by atoms with E-state index in [0.717, 1.165) is 88.6 Å². The highest BCUT2D eigenvalue weighted by atomic mass is 19.1. The van der Waals surface area contributed by atoms with Gasteiger partial charge in [-0.3, -0.25) is 14.5 Å². The van der Waals surface area contributed by atoms with Gasteiger partial charge >= 0.3 is 0 Å². The normalized spacial score (nSPS) is 19.7. The lowest BCUT2D eigenvalue weighted by molar-refractivity contribution is -0.122. The van der Waals surface area contributed by atoms with Crippen molar-refractivity contribution in [2.24, 2.45) is 5.92 Å². The van der Waals surface area contributed by atoms with Crippen LogP contribution in [0, 0.1) is 11.7 Å². The molecule has 5 aromatic rings. The Bertz CT molecular complexity index is 2490. The number of halogens is 1. The summed E-state index contributed by atoms with van der Waals surface area (Å²) in [6.07, 6.45) is 8.75. The highest BCUT2D eigenvalue weighted by Crippen LogP contribution is 2.37. The van der Waals surface area contributed by atoms with Crippen LogP contribution < -0.4 is 31.3 Å². The zero-order valence-electron chi connectivity index (χ0n) is 34.6. The fraction of sp³-hybridized carbons (Fsp3) is 0.413. The monoisotopic (exact) mass is 811 g/mol. The van der Waals surface area contributed by atoms with Crippen molar-refractivity contribution in [3.8, 4) is 5.82 Å². The third kappa shape index (κ3) is 7.87. The van der Waals surface area contributed by atoms with Gasteiger partial charge in [-0.05, 0) is 98.5 Å². The van der Waals surface area contributed by atoms with E-state index in [1.54, 1.807) is 21.6 Å². The van der Waals surface area contributed by atoms with Crippen LogP contribution in [-0.2, 0) is 23.2 Å². The summed E-state index contributed by atoms with van der Waals surface area (Å²) in [7, 11) is 0. The predicted molar refractivity (Wildman–Crippen MR) is 236 cm³/mol. The molecule has 14 heteroatoms. The molecule has 0 saturated carbocycles. The molecule has 3 fully saturated rings. The van der Waals surface area contributed by atoms with Crippen molar-refractivity contribution in [1.82, 2.24) is 34.5 Å². The van der Waals surface area contributed by atoms with Gasteiger partial charge in [0.25, 0.3) is 5.56 Å². The molecule has 9 rings (SSSR count). The number of hydrogen-bond acceptors (Lipinski definition) is 10. The van der Waals surface area contributed by atoms with Gasteiger partial charge in [-0.2, -0.15) is 4.98 Å². The van der Waals surface area contributed by atoms with E-state index >= 15 is 4.39 Å². The van der Waals surface area contributed by atoms with Gasteiger partial charge in [0.05, 0.1) is 17.9 Å². The van der Waals surface area contributed by atoms with Crippen LogP contribution >= 0.6 is 0 Å². The van der Waals surface area contributed by atoms with Crippen LogP contribution in [-0.4, -0.2) is 87.0 Å². The van der Waals surface area contributed by atoms with Crippen LogP contribution in [0.4, 0.5) is 33.1 Å². The topological polar surface area (TPSA) is 128 Å². The molecule has 1 atom stereocenters.